The zero-order valence-corrected chi connectivity index (χ0v) is 11.2. The van der Waals surface area contributed by atoms with Crippen molar-refractivity contribution < 1.29 is 9.13 Å². The first-order valence-corrected chi connectivity index (χ1v) is 6.30. The Morgan fingerprint density at radius 1 is 1.11 bits per heavy atom. The van der Waals surface area contributed by atoms with Crippen molar-refractivity contribution in [2.24, 2.45) is 0 Å². The minimum absolute atomic E-state index is 0.293. The van der Waals surface area contributed by atoms with Gasteiger partial charge in [-0.1, -0.05) is 35.9 Å². The molecule has 19 heavy (non-hydrogen) atoms. The Kier molecular flexibility index (Phi) is 4.53. The summed E-state index contributed by atoms with van der Waals surface area (Å²) in [6.45, 7) is 3.05. The van der Waals surface area contributed by atoms with E-state index in [1.807, 2.05) is 44.3 Å². The lowest BCUT2D eigenvalue weighted by atomic mass is 10.1. The lowest BCUT2D eigenvalue weighted by Gasteiger charge is -2.09. The second-order valence-electron chi connectivity index (χ2n) is 4.57. The standard InChI is InChI=1S/C16H18FNO/c1-12-4-3-5-14(8-12)11-19-16-7-6-13(10-18-2)9-15(16)17/h3-9,18H,10-11H2,1-2H3. The first-order valence-electron chi connectivity index (χ1n) is 6.30. The van der Waals surface area contributed by atoms with Gasteiger partial charge in [0.15, 0.2) is 11.6 Å². The summed E-state index contributed by atoms with van der Waals surface area (Å²) in [5.41, 5.74) is 3.12. The highest BCUT2D eigenvalue weighted by molar-refractivity contribution is 5.30. The molecular weight excluding hydrogens is 241 g/mol. The molecule has 0 saturated carbocycles. The second-order valence-corrected chi connectivity index (χ2v) is 4.57. The average molecular weight is 259 g/mol. The molecule has 0 amide bonds. The van der Waals surface area contributed by atoms with Crippen LogP contribution < -0.4 is 10.1 Å². The van der Waals surface area contributed by atoms with E-state index in [-0.39, 0.29) is 5.82 Å². The summed E-state index contributed by atoms with van der Waals surface area (Å²) < 4.78 is 19.3. The Labute approximate surface area is 113 Å². The molecule has 0 aliphatic carbocycles. The highest BCUT2D eigenvalue weighted by Crippen LogP contribution is 2.19. The van der Waals surface area contributed by atoms with E-state index >= 15 is 0 Å². The summed E-state index contributed by atoms with van der Waals surface area (Å²) in [7, 11) is 1.83. The third-order valence-corrected chi connectivity index (χ3v) is 2.85. The maximum absolute atomic E-state index is 13.8. The molecule has 3 heteroatoms. The van der Waals surface area contributed by atoms with Crippen molar-refractivity contribution in [3.8, 4) is 5.75 Å². The molecule has 0 aliphatic heterocycles. The van der Waals surface area contributed by atoms with E-state index in [0.29, 0.717) is 18.9 Å². The van der Waals surface area contributed by atoms with Crippen molar-refractivity contribution >= 4 is 0 Å². The van der Waals surface area contributed by atoms with Crippen LogP contribution in [0.25, 0.3) is 0 Å². The summed E-state index contributed by atoms with van der Waals surface area (Å²) in [5, 5.41) is 2.99. The summed E-state index contributed by atoms with van der Waals surface area (Å²) in [6, 6.07) is 13.1. The van der Waals surface area contributed by atoms with Crippen molar-refractivity contribution in [2.45, 2.75) is 20.1 Å². The smallest absolute Gasteiger partial charge is 0.165 e. The molecule has 2 aromatic carbocycles. The van der Waals surface area contributed by atoms with Gasteiger partial charge in [-0.05, 0) is 37.2 Å². The molecule has 0 saturated heterocycles. The van der Waals surface area contributed by atoms with Gasteiger partial charge in [0.2, 0.25) is 0 Å². The molecule has 0 fully saturated rings. The molecule has 0 aliphatic rings. The fourth-order valence-corrected chi connectivity index (χ4v) is 1.94. The first kappa shape index (κ1) is 13.6. The van der Waals surface area contributed by atoms with Gasteiger partial charge in [-0.25, -0.2) is 4.39 Å². The van der Waals surface area contributed by atoms with Gasteiger partial charge < -0.3 is 10.1 Å². The Hall–Kier alpha value is -1.87. The Morgan fingerprint density at radius 3 is 2.63 bits per heavy atom. The quantitative estimate of drug-likeness (QED) is 0.888. The Balaban J connectivity index is 2.03. The molecule has 0 atom stereocenters. The monoisotopic (exact) mass is 259 g/mol. The van der Waals surface area contributed by atoms with Gasteiger partial charge in [0.1, 0.15) is 6.61 Å². The molecule has 1 N–H and O–H groups in total. The molecule has 0 aromatic heterocycles. The summed E-state index contributed by atoms with van der Waals surface area (Å²) in [6.07, 6.45) is 0. The van der Waals surface area contributed by atoms with E-state index in [1.165, 1.54) is 11.6 Å². The number of benzene rings is 2. The Bertz CT molecular complexity index is 554. The van der Waals surface area contributed by atoms with Crippen molar-refractivity contribution in [2.75, 3.05) is 7.05 Å². The van der Waals surface area contributed by atoms with Crippen molar-refractivity contribution in [1.29, 1.82) is 0 Å². The molecule has 2 aromatic rings. The highest BCUT2D eigenvalue weighted by Gasteiger charge is 2.05. The van der Waals surface area contributed by atoms with Gasteiger partial charge in [-0.3, -0.25) is 0 Å². The van der Waals surface area contributed by atoms with Gasteiger partial charge in [0.05, 0.1) is 0 Å². The largest absolute Gasteiger partial charge is 0.486 e. The number of hydrogen-bond donors (Lipinski definition) is 1. The zero-order chi connectivity index (χ0) is 13.7. The van der Waals surface area contributed by atoms with Crippen molar-refractivity contribution in [1.82, 2.24) is 5.32 Å². The summed E-state index contributed by atoms with van der Waals surface area (Å²) in [4.78, 5) is 0. The van der Waals surface area contributed by atoms with E-state index in [4.69, 9.17) is 4.74 Å². The van der Waals surface area contributed by atoms with Gasteiger partial charge >= 0.3 is 0 Å². The number of halogens is 1. The number of nitrogens with one attached hydrogen (secondary N) is 1. The topological polar surface area (TPSA) is 21.3 Å². The molecule has 0 bridgehead atoms. The molecule has 2 rings (SSSR count). The average Bonchev–Trinajstić information content (AvgIpc) is 2.38. The van der Waals surface area contributed by atoms with E-state index in [2.05, 4.69) is 5.32 Å². The van der Waals surface area contributed by atoms with Crippen LogP contribution in [0.5, 0.6) is 5.75 Å². The van der Waals surface area contributed by atoms with Crippen LogP contribution >= 0.6 is 0 Å². The number of ether oxygens (including phenoxy) is 1. The Morgan fingerprint density at radius 2 is 1.95 bits per heavy atom. The van der Waals surface area contributed by atoms with Gasteiger partial charge in [0.25, 0.3) is 0 Å². The molecule has 0 radical (unpaired) electrons. The van der Waals surface area contributed by atoms with Crippen LogP contribution in [0.2, 0.25) is 0 Å². The van der Waals surface area contributed by atoms with Gasteiger partial charge in [-0.2, -0.15) is 0 Å². The van der Waals surface area contributed by atoms with Gasteiger partial charge in [0, 0.05) is 6.54 Å². The highest BCUT2D eigenvalue weighted by atomic mass is 19.1. The van der Waals surface area contributed by atoms with E-state index in [9.17, 15) is 4.39 Å². The van der Waals surface area contributed by atoms with E-state index in [1.54, 1.807) is 6.07 Å². The fourth-order valence-electron chi connectivity index (χ4n) is 1.94. The molecular formula is C16H18FNO. The fraction of sp³-hybridized carbons (Fsp3) is 0.250. The minimum atomic E-state index is -0.319. The molecule has 0 heterocycles. The van der Waals surface area contributed by atoms with Crippen LogP contribution in [0.1, 0.15) is 16.7 Å². The SMILES string of the molecule is CNCc1ccc(OCc2cccc(C)c2)c(F)c1. The lowest BCUT2D eigenvalue weighted by Crippen LogP contribution is -2.05. The second kappa shape index (κ2) is 6.34. The number of aryl methyl sites for hydroxylation is 1. The van der Waals surface area contributed by atoms with Crippen LogP contribution in [-0.2, 0) is 13.2 Å². The third kappa shape index (κ3) is 3.80. The summed E-state index contributed by atoms with van der Waals surface area (Å²) >= 11 is 0. The lowest BCUT2D eigenvalue weighted by molar-refractivity contribution is 0.290. The summed E-state index contributed by atoms with van der Waals surface area (Å²) in [5.74, 6) is -0.0261. The number of rotatable bonds is 5. The molecule has 0 spiro atoms. The van der Waals surface area contributed by atoms with Crippen molar-refractivity contribution in [3.63, 3.8) is 0 Å². The van der Waals surface area contributed by atoms with Crippen LogP contribution in [0.3, 0.4) is 0 Å². The van der Waals surface area contributed by atoms with Crippen LogP contribution in [-0.4, -0.2) is 7.05 Å². The maximum atomic E-state index is 13.8. The van der Waals surface area contributed by atoms with E-state index < -0.39 is 0 Å². The predicted octanol–water partition coefficient (Wildman–Crippen LogP) is 3.43. The third-order valence-electron chi connectivity index (χ3n) is 2.85. The van der Waals surface area contributed by atoms with Crippen LogP contribution in [0.15, 0.2) is 42.5 Å². The molecule has 100 valence electrons. The predicted molar refractivity (Wildman–Crippen MR) is 74.7 cm³/mol. The minimum Gasteiger partial charge on any atom is -0.486 e. The van der Waals surface area contributed by atoms with Gasteiger partial charge in [-0.15, -0.1) is 0 Å². The first-order chi connectivity index (χ1) is 9.19. The van der Waals surface area contributed by atoms with Crippen LogP contribution in [0, 0.1) is 12.7 Å². The van der Waals surface area contributed by atoms with E-state index in [0.717, 1.165) is 11.1 Å². The zero-order valence-electron chi connectivity index (χ0n) is 11.2. The molecule has 2 nitrogen and oxygen atoms in total. The maximum Gasteiger partial charge on any atom is 0.165 e. The van der Waals surface area contributed by atoms with Crippen LogP contribution in [0.4, 0.5) is 4.39 Å². The molecule has 0 unspecified atom stereocenters. The number of hydrogen-bond acceptors (Lipinski definition) is 2. The normalized spacial score (nSPS) is 10.5. The van der Waals surface area contributed by atoms with Crippen molar-refractivity contribution in [3.05, 3.63) is 65.0 Å².